The van der Waals surface area contributed by atoms with Crippen LogP contribution in [-0.4, -0.2) is 30.9 Å². The molecule has 0 aromatic heterocycles. The summed E-state index contributed by atoms with van der Waals surface area (Å²) < 4.78 is 10.0. The normalized spacial score (nSPS) is 12.2. The standard InChI is InChI=1S/C11H13ClO4/c1-7-3-4-8(12)9(5-7)16-10(6-15-2)11(13)14/h3-5,10H,6H2,1-2H3,(H,13,14). The third-order valence-corrected chi connectivity index (χ3v) is 2.26. The Bertz CT molecular complexity index is 378. The van der Waals surface area contributed by atoms with Crippen molar-refractivity contribution in [1.29, 1.82) is 0 Å². The van der Waals surface area contributed by atoms with E-state index >= 15 is 0 Å². The molecule has 5 heteroatoms. The summed E-state index contributed by atoms with van der Waals surface area (Å²) in [7, 11) is 1.41. The fourth-order valence-electron chi connectivity index (χ4n) is 1.16. The van der Waals surface area contributed by atoms with E-state index in [4.69, 9.17) is 26.2 Å². The Labute approximate surface area is 98.7 Å². The third kappa shape index (κ3) is 3.40. The summed E-state index contributed by atoms with van der Waals surface area (Å²) in [6.45, 7) is 1.84. The number of hydrogen-bond acceptors (Lipinski definition) is 3. The maximum Gasteiger partial charge on any atom is 0.347 e. The van der Waals surface area contributed by atoms with E-state index in [9.17, 15) is 4.79 Å². The molecule has 1 aromatic rings. The number of carbonyl (C=O) groups is 1. The van der Waals surface area contributed by atoms with Crippen LogP contribution in [0.2, 0.25) is 5.02 Å². The van der Waals surface area contributed by atoms with Gasteiger partial charge in [-0.2, -0.15) is 0 Å². The van der Waals surface area contributed by atoms with Crippen molar-refractivity contribution in [2.24, 2.45) is 0 Å². The van der Waals surface area contributed by atoms with Gasteiger partial charge in [0.1, 0.15) is 5.75 Å². The van der Waals surface area contributed by atoms with Gasteiger partial charge in [0.05, 0.1) is 11.6 Å². The third-order valence-electron chi connectivity index (χ3n) is 1.95. The number of halogens is 1. The van der Waals surface area contributed by atoms with Crippen LogP contribution in [0.25, 0.3) is 0 Å². The highest BCUT2D eigenvalue weighted by Gasteiger charge is 2.20. The van der Waals surface area contributed by atoms with Gasteiger partial charge in [0.25, 0.3) is 0 Å². The SMILES string of the molecule is COCC(Oc1cc(C)ccc1Cl)C(=O)O. The Balaban J connectivity index is 2.84. The quantitative estimate of drug-likeness (QED) is 0.862. The lowest BCUT2D eigenvalue weighted by Crippen LogP contribution is -2.31. The van der Waals surface area contributed by atoms with E-state index in [1.807, 2.05) is 13.0 Å². The number of methoxy groups -OCH3 is 1. The molecule has 0 aliphatic carbocycles. The number of ether oxygens (including phenoxy) is 2. The molecule has 1 aromatic carbocycles. The summed E-state index contributed by atoms with van der Waals surface area (Å²) in [5.41, 5.74) is 0.945. The Hall–Kier alpha value is -1.26. The monoisotopic (exact) mass is 244 g/mol. The summed E-state index contributed by atoms with van der Waals surface area (Å²) in [6, 6.07) is 5.17. The molecule has 1 atom stereocenters. The molecule has 1 N–H and O–H groups in total. The minimum Gasteiger partial charge on any atom is -0.478 e. The van der Waals surface area contributed by atoms with Gasteiger partial charge in [-0.1, -0.05) is 17.7 Å². The van der Waals surface area contributed by atoms with Crippen molar-refractivity contribution in [3.05, 3.63) is 28.8 Å². The Kier molecular flexibility index (Phi) is 4.58. The number of hydrogen-bond donors (Lipinski definition) is 1. The van der Waals surface area contributed by atoms with Gasteiger partial charge in [-0.15, -0.1) is 0 Å². The molecule has 0 fully saturated rings. The van der Waals surface area contributed by atoms with Gasteiger partial charge in [0.2, 0.25) is 6.10 Å². The van der Waals surface area contributed by atoms with E-state index in [0.29, 0.717) is 10.8 Å². The van der Waals surface area contributed by atoms with Crippen molar-refractivity contribution in [3.63, 3.8) is 0 Å². The molecule has 1 unspecified atom stereocenters. The van der Waals surface area contributed by atoms with Crippen molar-refractivity contribution < 1.29 is 19.4 Å². The molecule has 16 heavy (non-hydrogen) atoms. The zero-order valence-corrected chi connectivity index (χ0v) is 9.82. The smallest absolute Gasteiger partial charge is 0.347 e. The highest BCUT2D eigenvalue weighted by Crippen LogP contribution is 2.26. The molecular weight excluding hydrogens is 232 g/mol. The number of carboxylic acid groups (broad SMARTS) is 1. The maximum atomic E-state index is 10.8. The Morgan fingerprint density at radius 2 is 2.25 bits per heavy atom. The minimum absolute atomic E-state index is 0.0282. The average molecular weight is 245 g/mol. The summed E-state index contributed by atoms with van der Waals surface area (Å²) in [4.78, 5) is 10.8. The Morgan fingerprint density at radius 1 is 1.56 bits per heavy atom. The van der Waals surface area contributed by atoms with Crippen LogP contribution in [0.15, 0.2) is 18.2 Å². The lowest BCUT2D eigenvalue weighted by Gasteiger charge is -2.15. The van der Waals surface area contributed by atoms with Crippen LogP contribution in [-0.2, 0) is 9.53 Å². The Morgan fingerprint density at radius 3 is 2.81 bits per heavy atom. The first-order valence-corrected chi connectivity index (χ1v) is 5.07. The predicted octanol–water partition coefficient (Wildman–Crippen LogP) is 2.13. The molecule has 0 saturated heterocycles. The van der Waals surface area contributed by atoms with Gasteiger partial charge >= 0.3 is 5.97 Å². The lowest BCUT2D eigenvalue weighted by molar-refractivity contribution is -0.147. The zero-order valence-electron chi connectivity index (χ0n) is 9.07. The fourth-order valence-corrected chi connectivity index (χ4v) is 1.32. The van der Waals surface area contributed by atoms with Gasteiger partial charge in [-0.25, -0.2) is 4.79 Å². The van der Waals surface area contributed by atoms with Crippen LogP contribution in [0, 0.1) is 6.92 Å². The van der Waals surface area contributed by atoms with Crippen LogP contribution in [0.4, 0.5) is 0 Å². The van der Waals surface area contributed by atoms with Crippen LogP contribution in [0.3, 0.4) is 0 Å². The molecule has 4 nitrogen and oxygen atoms in total. The first kappa shape index (κ1) is 12.8. The van der Waals surface area contributed by atoms with E-state index in [0.717, 1.165) is 5.56 Å². The molecule has 0 bridgehead atoms. The second kappa shape index (κ2) is 5.72. The predicted molar refractivity (Wildman–Crippen MR) is 60.1 cm³/mol. The van der Waals surface area contributed by atoms with Gasteiger partial charge in [0, 0.05) is 7.11 Å². The minimum atomic E-state index is -1.08. The molecule has 0 aliphatic heterocycles. The van der Waals surface area contributed by atoms with Crippen molar-refractivity contribution in [2.45, 2.75) is 13.0 Å². The zero-order chi connectivity index (χ0) is 12.1. The summed E-state index contributed by atoms with van der Waals surface area (Å²) in [5, 5.41) is 9.26. The molecule has 0 amide bonds. The summed E-state index contributed by atoms with van der Waals surface area (Å²) >= 11 is 5.89. The van der Waals surface area contributed by atoms with Gasteiger partial charge in [-0.05, 0) is 24.6 Å². The van der Waals surface area contributed by atoms with Gasteiger partial charge < -0.3 is 14.6 Å². The number of carboxylic acids is 1. The second-order valence-corrected chi connectivity index (χ2v) is 3.74. The summed E-state index contributed by atoms with van der Waals surface area (Å²) in [5.74, 6) is -0.731. The molecular formula is C11H13ClO4. The van der Waals surface area contributed by atoms with Crippen molar-refractivity contribution >= 4 is 17.6 Å². The second-order valence-electron chi connectivity index (χ2n) is 3.33. The van der Waals surface area contributed by atoms with Crippen molar-refractivity contribution in [2.75, 3.05) is 13.7 Å². The molecule has 0 heterocycles. The topological polar surface area (TPSA) is 55.8 Å². The van der Waals surface area contributed by atoms with Gasteiger partial charge in [-0.3, -0.25) is 0 Å². The molecule has 88 valence electrons. The average Bonchev–Trinajstić information content (AvgIpc) is 2.22. The van der Waals surface area contributed by atoms with Crippen LogP contribution < -0.4 is 4.74 Å². The van der Waals surface area contributed by atoms with Crippen LogP contribution in [0.1, 0.15) is 5.56 Å². The molecule has 0 saturated carbocycles. The molecule has 0 aliphatic rings. The molecule has 0 radical (unpaired) electrons. The summed E-state index contributed by atoms with van der Waals surface area (Å²) in [6.07, 6.45) is -1.05. The van der Waals surface area contributed by atoms with Crippen LogP contribution >= 0.6 is 11.6 Å². The highest BCUT2D eigenvalue weighted by molar-refractivity contribution is 6.32. The number of aryl methyl sites for hydroxylation is 1. The van der Waals surface area contributed by atoms with E-state index < -0.39 is 12.1 Å². The van der Waals surface area contributed by atoms with E-state index in [2.05, 4.69) is 0 Å². The number of rotatable bonds is 5. The van der Waals surface area contributed by atoms with E-state index in [1.54, 1.807) is 12.1 Å². The molecule has 0 spiro atoms. The van der Waals surface area contributed by atoms with E-state index in [-0.39, 0.29) is 6.61 Å². The van der Waals surface area contributed by atoms with Gasteiger partial charge in [0.15, 0.2) is 0 Å². The first-order chi connectivity index (χ1) is 7.54. The largest absolute Gasteiger partial charge is 0.478 e. The highest BCUT2D eigenvalue weighted by atomic mass is 35.5. The maximum absolute atomic E-state index is 10.8. The van der Waals surface area contributed by atoms with E-state index in [1.165, 1.54) is 7.11 Å². The van der Waals surface area contributed by atoms with Crippen molar-refractivity contribution in [3.8, 4) is 5.75 Å². The van der Waals surface area contributed by atoms with Crippen LogP contribution in [0.5, 0.6) is 5.75 Å². The number of aliphatic carboxylic acids is 1. The molecule has 1 rings (SSSR count). The lowest BCUT2D eigenvalue weighted by atomic mass is 10.2. The number of benzene rings is 1. The first-order valence-electron chi connectivity index (χ1n) is 4.69. The fraction of sp³-hybridized carbons (Fsp3) is 0.364. The van der Waals surface area contributed by atoms with Crippen molar-refractivity contribution in [1.82, 2.24) is 0 Å².